The molecule has 4 aliphatic rings. The number of aromatic amines is 1. The number of ether oxygens (including phenoxy) is 1. The number of aromatic nitrogens is 2. The summed E-state index contributed by atoms with van der Waals surface area (Å²) in [5, 5.41) is 34.2. The van der Waals surface area contributed by atoms with Crippen LogP contribution >= 0.6 is 0 Å². The lowest BCUT2D eigenvalue weighted by Crippen LogP contribution is -2.62. The molecule has 0 radical (unpaired) electrons. The topological polar surface area (TPSA) is 116 Å². The number of methoxy groups -OCH3 is 1. The second-order valence-electron chi connectivity index (χ2n) is 13.9. The van der Waals surface area contributed by atoms with E-state index in [9.17, 15) is 20.1 Å². The highest BCUT2D eigenvalue weighted by atomic mass is 16.5. The number of aryl methyl sites for hydroxylation is 1. The van der Waals surface area contributed by atoms with Crippen LogP contribution in [0.15, 0.2) is 23.0 Å². The van der Waals surface area contributed by atoms with Gasteiger partial charge in [-0.2, -0.15) is 0 Å². The van der Waals surface area contributed by atoms with E-state index in [4.69, 9.17) is 9.72 Å². The van der Waals surface area contributed by atoms with Gasteiger partial charge in [-0.3, -0.25) is 4.79 Å². The maximum atomic E-state index is 12.7. The summed E-state index contributed by atoms with van der Waals surface area (Å²) in [6, 6.07) is 5.40. The predicted molar refractivity (Wildman–Crippen MR) is 150 cm³/mol. The smallest absolute Gasteiger partial charge is 0.258 e. The van der Waals surface area contributed by atoms with Gasteiger partial charge in [0, 0.05) is 6.42 Å². The maximum absolute atomic E-state index is 12.7. The first-order chi connectivity index (χ1) is 18.6. The summed E-state index contributed by atoms with van der Waals surface area (Å²) in [4.78, 5) is 20.5. The van der Waals surface area contributed by atoms with Crippen molar-refractivity contribution >= 4 is 10.9 Å². The lowest BCUT2D eigenvalue weighted by molar-refractivity contribution is -0.207. The second-order valence-corrected chi connectivity index (χ2v) is 13.9. The van der Waals surface area contributed by atoms with E-state index in [1.165, 1.54) is 0 Å². The number of aliphatic hydroxyl groups excluding tert-OH is 3. The zero-order chi connectivity index (χ0) is 27.7. The zero-order valence-corrected chi connectivity index (χ0v) is 23.9. The number of rotatable bonds is 5. The van der Waals surface area contributed by atoms with Gasteiger partial charge in [0.05, 0.1) is 30.8 Å². The summed E-state index contributed by atoms with van der Waals surface area (Å²) in [6.45, 7) is 6.96. The molecule has 7 nitrogen and oxygen atoms in total. The largest absolute Gasteiger partial charge is 0.494 e. The molecule has 7 heteroatoms. The fraction of sp³-hybridized carbons (Fsp3) is 0.750. The van der Waals surface area contributed by atoms with E-state index in [1.807, 2.05) is 6.07 Å². The Hall–Kier alpha value is -1.96. The van der Waals surface area contributed by atoms with Crippen molar-refractivity contribution in [3.05, 3.63) is 34.4 Å². The number of aliphatic hydroxyl groups is 3. The second kappa shape index (κ2) is 9.85. The quantitative estimate of drug-likeness (QED) is 0.447. The van der Waals surface area contributed by atoms with Gasteiger partial charge in [-0.15, -0.1) is 0 Å². The van der Waals surface area contributed by atoms with Gasteiger partial charge in [-0.25, -0.2) is 4.98 Å². The molecule has 1 aromatic heterocycles. The van der Waals surface area contributed by atoms with Crippen molar-refractivity contribution in [2.24, 2.45) is 46.3 Å². The first kappa shape index (κ1) is 27.2. The highest BCUT2D eigenvalue weighted by Crippen LogP contribution is 2.68. The Labute approximate surface area is 231 Å². The van der Waals surface area contributed by atoms with Gasteiger partial charge < -0.3 is 25.0 Å². The van der Waals surface area contributed by atoms with E-state index in [0.29, 0.717) is 58.5 Å². The number of hydrogen-bond acceptors (Lipinski definition) is 6. The molecule has 214 valence electrons. The molecule has 0 amide bonds. The van der Waals surface area contributed by atoms with Crippen LogP contribution in [0.1, 0.15) is 78.0 Å². The number of H-pyrrole nitrogens is 1. The fourth-order valence-corrected chi connectivity index (χ4v) is 10.2. The molecule has 4 saturated carbocycles. The summed E-state index contributed by atoms with van der Waals surface area (Å²) in [5.41, 5.74) is 0.314. The van der Waals surface area contributed by atoms with Crippen LogP contribution in [0.3, 0.4) is 0 Å². The summed E-state index contributed by atoms with van der Waals surface area (Å²) in [7, 11) is 1.60. The van der Waals surface area contributed by atoms with Gasteiger partial charge in [0.25, 0.3) is 5.56 Å². The summed E-state index contributed by atoms with van der Waals surface area (Å²) in [5.74, 6) is 3.15. The average Bonchev–Trinajstić information content (AvgIpc) is 3.27. The van der Waals surface area contributed by atoms with Gasteiger partial charge in [-0.05, 0) is 110 Å². The molecule has 0 bridgehead atoms. The van der Waals surface area contributed by atoms with Crippen molar-refractivity contribution in [1.82, 2.24) is 9.97 Å². The van der Waals surface area contributed by atoms with Crippen LogP contribution in [0.25, 0.3) is 10.9 Å². The van der Waals surface area contributed by atoms with E-state index < -0.39 is 6.10 Å². The zero-order valence-electron chi connectivity index (χ0n) is 23.9. The molecular formula is C32H46N2O5. The van der Waals surface area contributed by atoms with Crippen molar-refractivity contribution in [1.29, 1.82) is 0 Å². The Kier molecular flexibility index (Phi) is 6.87. The number of nitrogens with one attached hydrogen (secondary N) is 1. The number of nitrogens with zero attached hydrogens (tertiary/aromatic N) is 1. The standard InChI is InChI=1S/C32H46N2O5/c1-17(8-11-27-33-29-20(30(38)34-27)6-5-7-25(29)39-4)21-9-10-22-28-23(16-26(37)32(21,22)3)31(2)13-12-19(35)14-18(31)15-24(28)36/h5-7,17-19,21-24,26,28,35-37H,8-16H2,1-4H3,(H,33,34,38)/t17-,18+,19-,21-,22+,23?,24-,26+,28+,31+,32-/m1/s1. The minimum atomic E-state index is -0.392. The molecule has 1 aromatic carbocycles. The molecule has 4 N–H and O–H groups in total. The molecular weight excluding hydrogens is 492 g/mol. The van der Waals surface area contributed by atoms with E-state index >= 15 is 0 Å². The van der Waals surface area contributed by atoms with E-state index in [0.717, 1.165) is 51.4 Å². The molecule has 1 heterocycles. The van der Waals surface area contributed by atoms with Crippen LogP contribution in [0.2, 0.25) is 0 Å². The first-order valence-electron chi connectivity index (χ1n) is 15.2. The number of fused-ring (bicyclic) bond motifs is 6. The van der Waals surface area contributed by atoms with Crippen LogP contribution in [0.4, 0.5) is 0 Å². The molecule has 0 spiro atoms. The Balaban J connectivity index is 1.22. The minimum Gasteiger partial charge on any atom is -0.494 e. The Morgan fingerprint density at radius 1 is 1.10 bits per heavy atom. The third kappa shape index (κ3) is 4.17. The highest BCUT2D eigenvalue weighted by molar-refractivity contribution is 5.83. The lowest BCUT2D eigenvalue weighted by atomic mass is 9.43. The maximum Gasteiger partial charge on any atom is 0.258 e. The third-order valence-corrected chi connectivity index (χ3v) is 12.3. The Bertz CT molecular complexity index is 1280. The first-order valence-corrected chi connectivity index (χ1v) is 15.2. The van der Waals surface area contributed by atoms with Crippen molar-refractivity contribution in [3.63, 3.8) is 0 Å². The molecule has 0 aliphatic heterocycles. The van der Waals surface area contributed by atoms with Gasteiger partial charge in [0.1, 0.15) is 17.1 Å². The molecule has 1 unspecified atom stereocenters. The van der Waals surface area contributed by atoms with Crippen LogP contribution in [0, 0.1) is 46.3 Å². The molecule has 0 saturated heterocycles. The predicted octanol–water partition coefficient (Wildman–Crippen LogP) is 4.46. The van der Waals surface area contributed by atoms with Crippen LogP contribution < -0.4 is 10.3 Å². The van der Waals surface area contributed by atoms with Gasteiger partial charge in [-0.1, -0.05) is 26.8 Å². The van der Waals surface area contributed by atoms with E-state index in [2.05, 4.69) is 25.8 Å². The summed E-state index contributed by atoms with van der Waals surface area (Å²) < 4.78 is 5.45. The minimum absolute atomic E-state index is 0.0871. The SMILES string of the molecule is COc1cccc2c(=O)[nH]c(CC[C@@H](C)[C@H]3CC[C@H]4[C@H]5C(C[C@H](O)[C@]34C)[C@@]3(C)CC[C@@H](O)C[C@H]3C[C@H]5O)nc12. The van der Waals surface area contributed by atoms with Crippen molar-refractivity contribution in [2.45, 2.75) is 96.9 Å². The highest BCUT2D eigenvalue weighted by Gasteiger charge is 2.65. The van der Waals surface area contributed by atoms with Crippen LogP contribution in [0.5, 0.6) is 5.75 Å². The molecule has 6 rings (SSSR count). The van der Waals surface area contributed by atoms with Crippen molar-refractivity contribution in [3.8, 4) is 5.75 Å². The third-order valence-electron chi connectivity index (χ3n) is 12.3. The van der Waals surface area contributed by atoms with Crippen molar-refractivity contribution in [2.75, 3.05) is 7.11 Å². The van der Waals surface area contributed by atoms with Gasteiger partial charge in [0.2, 0.25) is 0 Å². The molecule has 4 aliphatic carbocycles. The van der Waals surface area contributed by atoms with E-state index in [-0.39, 0.29) is 34.5 Å². The van der Waals surface area contributed by atoms with Gasteiger partial charge in [0.15, 0.2) is 0 Å². The van der Waals surface area contributed by atoms with Crippen molar-refractivity contribution < 1.29 is 20.1 Å². The van der Waals surface area contributed by atoms with E-state index in [1.54, 1.807) is 19.2 Å². The van der Waals surface area contributed by atoms with Crippen LogP contribution in [-0.4, -0.2) is 50.7 Å². The number of benzene rings is 1. The number of hydrogen-bond donors (Lipinski definition) is 4. The lowest BCUT2D eigenvalue weighted by Gasteiger charge is -2.63. The fourth-order valence-electron chi connectivity index (χ4n) is 10.2. The van der Waals surface area contributed by atoms with Gasteiger partial charge >= 0.3 is 0 Å². The Morgan fingerprint density at radius 3 is 2.67 bits per heavy atom. The summed E-state index contributed by atoms with van der Waals surface area (Å²) >= 11 is 0. The molecule has 2 aromatic rings. The molecule has 4 fully saturated rings. The monoisotopic (exact) mass is 538 g/mol. The average molecular weight is 539 g/mol. The normalized spacial score (nSPS) is 42.4. The van der Waals surface area contributed by atoms with Crippen LogP contribution in [-0.2, 0) is 6.42 Å². The molecule has 39 heavy (non-hydrogen) atoms. The Morgan fingerprint density at radius 2 is 1.90 bits per heavy atom. The number of para-hydroxylation sites is 1. The summed E-state index contributed by atoms with van der Waals surface area (Å²) in [6.07, 6.45) is 6.78. The molecule has 11 atom stereocenters.